The minimum absolute atomic E-state index is 0.0424. The second-order valence-corrected chi connectivity index (χ2v) is 6.07. The molecule has 0 heterocycles. The normalized spacial score (nSPS) is 10.0. The number of nitro benzene ring substituents is 2. The number of hydrogen-bond donors (Lipinski definition) is 0. The highest BCUT2D eigenvalue weighted by Crippen LogP contribution is 2.19. The minimum atomic E-state index is -0.629. The Labute approximate surface area is 165 Å². The fraction of sp³-hybridized carbons (Fsp3) is 0.250. The van der Waals surface area contributed by atoms with Gasteiger partial charge in [0.05, 0.1) is 27.6 Å². The first kappa shape index (κ1) is 21.5. The van der Waals surface area contributed by atoms with E-state index in [9.17, 15) is 29.4 Å². The van der Waals surface area contributed by atoms with Gasteiger partial charge in [0.15, 0.2) is 0 Å². The molecule has 0 fully saturated rings. The molecule has 0 aliphatic heterocycles. The molecule has 0 radical (unpaired) electrons. The molecule has 0 amide bonds. The molecule has 0 atom stereocenters. The van der Waals surface area contributed by atoms with Crippen molar-refractivity contribution in [3.05, 3.63) is 79.1 Å². The van der Waals surface area contributed by atoms with Crippen LogP contribution in [0.5, 0.6) is 0 Å². The predicted molar refractivity (Wildman–Crippen MR) is 102 cm³/mol. The molecule has 0 aliphatic carbocycles. The van der Waals surface area contributed by atoms with Gasteiger partial charge in [-0.25, -0.2) is 9.18 Å². The molecule has 2 rings (SSSR count). The molecule has 2 aromatic rings. The standard InChI is InChI=1S/C20H17FN2O6/c1-14-12-16(7-10-19(14)23(27)28)20(24)29-11-5-3-2-4-6-15-13-17(22(25)26)8-9-18(15)21/h7-10,12-13H,2-3,5,11H2,1H3. The number of hydrogen-bond acceptors (Lipinski definition) is 6. The molecule has 29 heavy (non-hydrogen) atoms. The number of halogens is 1. The van der Waals surface area contributed by atoms with Gasteiger partial charge in [-0.3, -0.25) is 20.2 Å². The molecule has 0 saturated heterocycles. The maximum atomic E-state index is 13.6. The molecule has 2 aromatic carbocycles. The Morgan fingerprint density at radius 2 is 1.86 bits per heavy atom. The Balaban J connectivity index is 1.78. The fourth-order valence-electron chi connectivity index (χ4n) is 2.43. The van der Waals surface area contributed by atoms with Gasteiger partial charge < -0.3 is 4.74 Å². The number of rotatable bonds is 7. The van der Waals surface area contributed by atoms with E-state index in [1.807, 2.05) is 0 Å². The molecule has 0 unspecified atom stereocenters. The van der Waals surface area contributed by atoms with E-state index < -0.39 is 21.6 Å². The number of unbranched alkanes of at least 4 members (excludes halogenated alkanes) is 2. The lowest BCUT2D eigenvalue weighted by molar-refractivity contribution is -0.385. The molecule has 8 nitrogen and oxygen atoms in total. The summed E-state index contributed by atoms with van der Waals surface area (Å²) >= 11 is 0. The van der Waals surface area contributed by atoms with Crippen LogP contribution in [0.25, 0.3) is 0 Å². The van der Waals surface area contributed by atoms with Crippen LogP contribution in [0.1, 0.15) is 40.7 Å². The second-order valence-electron chi connectivity index (χ2n) is 6.07. The SMILES string of the molecule is Cc1cc(C(=O)OCCCCC#Cc2cc([N+](=O)[O-])ccc2F)ccc1[N+](=O)[O-]. The lowest BCUT2D eigenvalue weighted by Crippen LogP contribution is -2.07. The molecule has 0 aromatic heterocycles. The third-order valence-electron chi connectivity index (χ3n) is 3.94. The van der Waals surface area contributed by atoms with E-state index in [4.69, 9.17) is 4.74 Å². The molecular formula is C20H17FN2O6. The van der Waals surface area contributed by atoms with Crippen molar-refractivity contribution in [3.8, 4) is 11.8 Å². The smallest absolute Gasteiger partial charge is 0.338 e. The number of nitrogens with zero attached hydrogens (tertiary/aromatic N) is 2. The molecular weight excluding hydrogens is 383 g/mol. The first-order chi connectivity index (χ1) is 13.8. The van der Waals surface area contributed by atoms with Gasteiger partial charge >= 0.3 is 5.97 Å². The Morgan fingerprint density at radius 3 is 2.52 bits per heavy atom. The van der Waals surface area contributed by atoms with Crippen molar-refractivity contribution < 1.29 is 23.8 Å². The summed E-state index contributed by atoms with van der Waals surface area (Å²) in [4.78, 5) is 32.3. The molecule has 150 valence electrons. The average Bonchev–Trinajstić information content (AvgIpc) is 2.67. The number of ether oxygens (including phenoxy) is 1. The molecule has 0 N–H and O–H groups in total. The summed E-state index contributed by atoms with van der Waals surface area (Å²) in [5.74, 6) is 4.09. The predicted octanol–water partition coefficient (Wildman–Crippen LogP) is 4.33. The highest BCUT2D eigenvalue weighted by Gasteiger charge is 2.14. The van der Waals surface area contributed by atoms with Crippen LogP contribution in [-0.4, -0.2) is 22.4 Å². The molecule has 0 aliphatic rings. The monoisotopic (exact) mass is 400 g/mol. The zero-order valence-corrected chi connectivity index (χ0v) is 15.5. The third kappa shape index (κ3) is 6.10. The van der Waals surface area contributed by atoms with Gasteiger partial charge in [0.2, 0.25) is 0 Å². The number of nitro groups is 2. The zero-order valence-electron chi connectivity index (χ0n) is 15.5. The Hall–Kier alpha value is -3.80. The van der Waals surface area contributed by atoms with Crippen LogP contribution < -0.4 is 0 Å². The summed E-state index contributed by atoms with van der Waals surface area (Å²) in [7, 11) is 0. The van der Waals surface area contributed by atoms with E-state index >= 15 is 0 Å². The van der Waals surface area contributed by atoms with Crippen molar-refractivity contribution in [3.63, 3.8) is 0 Å². The van der Waals surface area contributed by atoms with E-state index in [1.165, 1.54) is 25.1 Å². The van der Waals surface area contributed by atoms with Crippen LogP contribution in [0, 0.1) is 44.8 Å². The van der Waals surface area contributed by atoms with Crippen LogP contribution >= 0.6 is 0 Å². The van der Waals surface area contributed by atoms with Gasteiger partial charge in [-0.15, -0.1) is 0 Å². The minimum Gasteiger partial charge on any atom is -0.462 e. The quantitative estimate of drug-likeness (QED) is 0.225. The van der Waals surface area contributed by atoms with Gasteiger partial charge in [0.25, 0.3) is 11.4 Å². The lowest BCUT2D eigenvalue weighted by Gasteiger charge is -2.05. The van der Waals surface area contributed by atoms with Crippen LogP contribution in [0.3, 0.4) is 0 Å². The van der Waals surface area contributed by atoms with Gasteiger partial charge in [-0.1, -0.05) is 11.8 Å². The molecule has 0 bridgehead atoms. The number of benzene rings is 2. The number of non-ortho nitro benzene ring substituents is 1. The van der Waals surface area contributed by atoms with Gasteiger partial charge in [-0.2, -0.15) is 0 Å². The third-order valence-corrected chi connectivity index (χ3v) is 3.94. The average molecular weight is 400 g/mol. The van der Waals surface area contributed by atoms with Crippen molar-refractivity contribution in [2.45, 2.75) is 26.2 Å². The number of aryl methyl sites for hydroxylation is 1. The van der Waals surface area contributed by atoms with Crippen LogP contribution in [0.4, 0.5) is 15.8 Å². The van der Waals surface area contributed by atoms with Crippen molar-refractivity contribution in [1.82, 2.24) is 0 Å². The molecule has 0 saturated carbocycles. The summed E-state index contributed by atoms with van der Waals surface area (Å²) in [6.45, 7) is 1.68. The number of esters is 1. The number of carbonyl (C=O) groups is 1. The highest BCUT2D eigenvalue weighted by atomic mass is 19.1. The number of carbonyl (C=O) groups excluding carboxylic acids is 1. The maximum absolute atomic E-state index is 13.6. The van der Waals surface area contributed by atoms with Crippen molar-refractivity contribution in [2.75, 3.05) is 6.61 Å². The first-order valence-corrected chi connectivity index (χ1v) is 8.64. The summed E-state index contributed by atoms with van der Waals surface area (Å²) in [6.07, 6.45) is 1.50. The van der Waals surface area contributed by atoms with Crippen LogP contribution in [0.2, 0.25) is 0 Å². The molecule has 0 spiro atoms. The van der Waals surface area contributed by atoms with Gasteiger partial charge in [0, 0.05) is 30.2 Å². The van der Waals surface area contributed by atoms with Gasteiger partial charge in [0.1, 0.15) is 5.82 Å². The van der Waals surface area contributed by atoms with Crippen LogP contribution in [0.15, 0.2) is 36.4 Å². The fourth-order valence-corrected chi connectivity index (χ4v) is 2.43. The zero-order chi connectivity index (χ0) is 21.4. The van der Waals surface area contributed by atoms with Crippen LogP contribution in [-0.2, 0) is 4.74 Å². The van der Waals surface area contributed by atoms with E-state index in [-0.39, 0.29) is 29.1 Å². The van der Waals surface area contributed by atoms with Crippen molar-refractivity contribution in [1.29, 1.82) is 0 Å². The summed E-state index contributed by atoms with van der Waals surface area (Å²) in [6, 6.07) is 7.15. The first-order valence-electron chi connectivity index (χ1n) is 8.64. The summed E-state index contributed by atoms with van der Waals surface area (Å²) in [5, 5.41) is 21.5. The van der Waals surface area contributed by atoms with E-state index in [0.717, 1.165) is 18.2 Å². The van der Waals surface area contributed by atoms with Crippen molar-refractivity contribution >= 4 is 17.3 Å². The van der Waals surface area contributed by atoms with E-state index in [2.05, 4.69) is 11.8 Å². The summed E-state index contributed by atoms with van der Waals surface area (Å²) < 4.78 is 18.7. The highest BCUT2D eigenvalue weighted by molar-refractivity contribution is 5.90. The van der Waals surface area contributed by atoms with E-state index in [0.29, 0.717) is 24.8 Å². The maximum Gasteiger partial charge on any atom is 0.338 e. The molecule has 9 heteroatoms. The Morgan fingerprint density at radius 1 is 1.10 bits per heavy atom. The Kier molecular flexibility index (Phi) is 7.37. The largest absolute Gasteiger partial charge is 0.462 e. The lowest BCUT2D eigenvalue weighted by atomic mass is 10.1. The topological polar surface area (TPSA) is 113 Å². The summed E-state index contributed by atoms with van der Waals surface area (Å²) in [5.41, 5.74) is 0.255. The second kappa shape index (κ2) is 9.94. The van der Waals surface area contributed by atoms with E-state index in [1.54, 1.807) is 0 Å². The Bertz CT molecular complexity index is 1010. The van der Waals surface area contributed by atoms with Gasteiger partial charge in [-0.05, 0) is 38.0 Å². The van der Waals surface area contributed by atoms with Crippen molar-refractivity contribution in [2.24, 2.45) is 0 Å².